The second-order valence-corrected chi connectivity index (χ2v) is 8.05. The van der Waals surface area contributed by atoms with E-state index in [1.54, 1.807) is 13.3 Å². The molecule has 4 heterocycles. The minimum atomic E-state index is 0.531. The van der Waals surface area contributed by atoms with E-state index in [-0.39, 0.29) is 0 Å². The van der Waals surface area contributed by atoms with Crippen molar-refractivity contribution in [2.45, 2.75) is 43.8 Å². The Morgan fingerprint density at radius 2 is 1.86 bits per heavy atom. The van der Waals surface area contributed by atoms with Crippen molar-refractivity contribution in [3.8, 4) is 28.1 Å². The summed E-state index contributed by atoms with van der Waals surface area (Å²) >= 11 is 0. The van der Waals surface area contributed by atoms with Crippen LogP contribution < -0.4 is 15.0 Å². The third-order valence-corrected chi connectivity index (χ3v) is 6.31. The van der Waals surface area contributed by atoms with Crippen LogP contribution >= 0.6 is 0 Å². The lowest BCUT2D eigenvalue weighted by atomic mass is 9.98. The maximum absolute atomic E-state index is 5.59. The first-order valence-electron chi connectivity index (χ1n) is 10.2. The molecule has 7 heteroatoms. The summed E-state index contributed by atoms with van der Waals surface area (Å²) in [7, 11) is 3.82. The zero-order valence-corrected chi connectivity index (χ0v) is 16.8. The van der Waals surface area contributed by atoms with Crippen LogP contribution in [0.2, 0.25) is 0 Å². The number of aromatic nitrogens is 4. The lowest BCUT2D eigenvalue weighted by molar-refractivity contribution is 0.353. The first-order valence-corrected chi connectivity index (χ1v) is 10.2. The average Bonchev–Trinajstić information content (AvgIpc) is 3.42. The zero-order chi connectivity index (χ0) is 19.8. The van der Waals surface area contributed by atoms with Crippen molar-refractivity contribution < 1.29 is 4.74 Å². The molecule has 2 fully saturated rings. The van der Waals surface area contributed by atoms with Crippen LogP contribution in [0.4, 0.5) is 5.82 Å². The normalized spacial score (nSPS) is 23.2. The third kappa shape index (κ3) is 3.46. The molecule has 2 bridgehead atoms. The Labute approximate surface area is 170 Å². The topological polar surface area (TPSA) is 79.0 Å². The van der Waals surface area contributed by atoms with Gasteiger partial charge in [-0.15, -0.1) is 10.2 Å². The monoisotopic (exact) mass is 390 g/mol. The Kier molecular flexibility index (Phi) is 4.67. The van der Waals surface area contributed by atoms with Gasteiger partial charge in [0.25, 0.3) is 0 Å². The summed E-state index contributed by atoms with van der Waals surface area (Å²) in [6, 6.07) is 12.0. The quantitative estimate of drug-likeness (QED) is 0.696. The Hall–Kier alpha value is -2.93. The van der Waals surface area contributed by atoms with E-state index in [0.717, 1.165) is 34.0 Å². The van der Waals surface area contributed by atoms with Gasteiger partial charge in [-0.05, 0) is 49.9 Å². The largest absolute Gasteiger partial charge is 0.496 e. The first kappa shape index (κ1) is 18.1. The van der Waals surface area contributed by atoms with Crippen LogP contribution in [0, 0.1) is 0 Å². The number of aromatic amines is 1. The molecule has 150 valence electrons. The number of H-pyrrole nitrogens is 1. The Morgan fingerprint density at radius 1 is 1.03 bits per heavy atom. The van der Waals surface area contributed by atoms with Gasteiger partial charge >= 0.3 is 0 Å². The second-order valence-electron chi connectivity index (χ2n) is 8.05. The average molecular weight is 390 g/mol. The van der Waals surface area contributed by atoms with Gasteiger partial charge in [-0.2, -0.15) is 5.10 Å². The van der Waals surface area contributed by atoms with E-state index in [2.05, 4.69) is 43.7 Å². The minimum absolute atomic E-state index is 0.531. The first-order chi connectivity index (χ1) is 14.2. The van der Waals surface area contributed by atoms with Gasteiger partial charge in [0.2, 0.25) is 0 Å². The van der Waals surface area contributed by atoms with Gasteiger partial charge in [-0.3, -0.25) is 5.10 Å². The number of hydrogen-bond donors (Lipinski definition) is 2. The number of rotatable bonds is 5. The van der Waals surface area contributed by atoms with Crippen LogP contribution in [0.5, 0.6) is 5.75 Å². The van der Waals surface area contributed by atoms with Gasteiger partial charge in [0.1, 0.15) is 5.75 Å². The summed E-state index contributed by atoms with van der Waals surface area (Å²) in [5.74, 6) is 1.72. The predicted molar refractivity (Wildman–Crippen MR) is 113 cm³/mol. The van der Waals surface area contributed by atoms with E-state index in [1.165, 1.54) is 25.7 Å². The highest BCUT2D eigenvalue weighted by Crippen LogP contribution is 2.34. The maximum Gasteiger partial charge on any atom is 0.151 e. The molecule has 2 N–H and O–H groups in total. The van der Waals surface area contributed by atoms with Gasteiger partial charge < -0.3 is 15.0 Å². The highest BCUT2D eigenvalue weighted by molar-refractivity contribution is 5.74. The third-order valence-electron chi connectivity index (χ3n) is 6.31. The molecule has 5 rings (SSSR count). The Bertz CT molecular complexity index is 959. The summed E-state index contributed by atoms with van der Waals surface area (Å²) in [5, 5.41) is 19.6. The number of fused-ring (bicyclic) bond motifs is 2. The van der Waals surface area contributed by atoms with Crippen LogP contribution in [0.25, 0.3) is 22.4 Å². The van der Waals surface area contributed by atoms with Crippen molar-refractivity contribution >= 4 is 5.82 Å². The molecule has 0 radical (unpaired) electrons. The number of hydrogen-bond acceptors (Lipinski definition) is 6. The molecule has 1 aromatic carbocycles. The molecule has 0 unspecified atom stereocenters. The van der Waals surface area contributed by atoms with Crippen LogP contribution in [-0.2, 0) is 0 Å². The smallest absolute Gasteiger partial charge is 0.151 e. The molecule has 3 atom stereocenters. The van der Waals surface area contributed by atoms with Gasteiger partial charge in [0.15, 0.2) is 5.82 Å². The summed E-state index contributed by atoms with van der Waals surface area (Å²) < 4.78 is 5.59. The summed E-state index contributed by atoms with van der Waals surface area (Å²) in [4.78, 5) is 2.30. The number of ether oxygens (including phenoxy) is 1. The van der Waals surface area contributed by atoms with Gasteiger partial charge in [-0.25, -0.2) is 0 Å². The van der Waals surface area contributed by atoms with Crippen LogP contribution in [0.15, 0.2) is 42.7 Å². The van der Waals surface area contributed by atoms with E-state index in [9.17, 15) is 0 Å². The fourth-order valence-electron chi connectivity index (χ4n) is 4.69. The predicted octanol–water partition coefficient (Wildman–Crippen LogP) is 3.26. The number of methoxy groups -OCH3 is 1. The highest BCUT2D eigenvalue weighted by Gasteiger charge is 2.35. The van der Waals surface area contributed by atoms with Crippen molar-refractivity contribution in [3.63, 3.8) is 0 Å². The van der Waals surface area contributed by atoms with E-state index < -0.39 is 0 Å². The van der Waals surface area contributed by atoms with Crippen molar-refractivity contribution in [1.29, 1.82) is 0 Å². The van der Waals surface area contributed by atoms with Crippen LogP contribution in [0.3, 0.4) is 0 Å². The molecule has 0 spiro atoms. The van der Waals surface area contributed by atoms with E-state index in [0.29, 0.717) is 18.1 Å². The Morgan fingerprint density at radius 3 is 2.52 bits per heavy atom. The minimum Gasteiger partial charge on any atom is -0.496 e. The molecule has 2 saturated heterocycles. The number of nitrogens with zero attached hydrogens (tertiary/aromatic N) is 4. The van der Waals surface area contributed by atoms with Crippen molar-refractivity contribution in [1.82, 2.24) is 25.7 Å². The molecule has 0 amide bonds. The summed E-state index contributed by atoms with van der Waals surface area (Å²) in [6.07, 6.45) is 8.61. The highest BCUT2D eigenvalue weighted by atomic mass is 16.5. The van der Waals surface area contributed by atoms with Crippen molar-refractivity contribution in [2.75, 3.05) is 19.1 Å². The SMILES string of the molecule is COc1cc(-c2ccc(N(C)[C@@H]3C[C@H]4CC[C@@H](C3)N4)nn2)ccc1-c1cn[nH]c1. The van der Waals surface area contributed by atoms with Gasteiger partial charge in [-0.1, -0.05) is 6.07 Å². The molecular weight excluding hydrogens is 364 g/mol. The maximum atomic E-state index is 5.59. The fourth-order valence-corrected chi connectivity index (χ4v) is 4.69. The molecule has 2 aromatic heterocycles. The van der Waals surface area contributed by atoms with Gasteiger partial charge in [0, 0.05) is 48.1 Å². The molecular formula is C22H26N6O. The fraction of sp³-hybridized carbons (Fsp3) is 0.409. The molecule has 29 heavy (non-hydrogen) atoms. The lowest BCUT2D eigenvalue weighted by Crippen LogP contribution is -2.47. The molecule has 2 aliphatic rings. The van der Waals surface area contributed by atoms with E-state index in [4.69, 9.17) is 4.74 Å². The number of nitrogens with one attached hydrogen (secondary N) is 2. The molecule has 0 saturated carbocycles. The Balaban J connectivity index is 1.36. The van der Waals surface area contributed by atoms with E-state index >= 15 is 0 Å². The van der Waals surface area contributed by atoms with Crippen LogP contribution in [-0.4, -0.2) is 52.7 Å². The molecule has 3 aromatic rings. The van der Waals surface area contributed by atoms with E-state index in [1.807, 2.05) is 30.5 Å². The molecule has 2 aliphatic heterocycles. The van der Waals surface area contributed by atoms with Gasteiger partial charge in [0.05, 0.1) is 19.0 Å². The van der Waals surface area contributed by atoms with Crippen LogP contribution in [0.1, 0.15) is 25.7 Å². The summed E-state index contributed by atoms with van der Waals surface area (Å²) in [5.41, 5.74) is 3.81. The lowest BCUT2D eigenvalue weighted by Gasteiger charge is -2.36. The van der Waals surface area contributed by atoms with Crippen molar-refractivity contribution in [3.05, 3.63) is 42.7 Å². The number of benzene rings is 1. The second kappa shape index (κ2) is 7.48. The number of piperidine rings is 1. The molecule has 0 aliphatic carbocycles. The summed E-state index contributed by atoms with van der Waals surface area (Å²) in [6.45, 7) is 0. The number of anilines is 1. The molecule has 7 nitrogen and oxygen atoms in total. The standard InChI is InChI=1S/C22H26N6O/c1-28(18-10-16-4-5-17(11-18)25-16)22-8-7-20(26-27-22)14-3-6-19(21(9-14)29-2)15-12-23-24-13-15/h3,6-9,12-13,16-18,25H,4-5,10-11H2,1-2H3,(H,23,24)/t16-,17+,18-. The van der Waals surface area contributed by atoms with Crippen molar-refractivity contribution in [2.24, 2.45) is 0 Å². The zero-order valence-electron chi connectivity index (χ0n) is 16.8.